The average Bonchev–Trinajstić information content (AvgIpc) is 2.46. The molecule has 3 nitrogen and oxygen atoms in total. The number of rotatable bonds is 3. The van der Waals surface area contributed by atoms with Gasteiger partial charge in [-0.15, -0.1) is 0 Å². The number of nitrogens with zero attached hydrogens (tertiary/aromatic N) is 1. The van der Waals surface area contributed by atoms with Crippen LogP contribution in [0.15, 0.2) is 0 Å². The van der Waals surface area contributed by atoms with Gasteiger partial charge in [0.15, 0.2) is 9.84 Å². The second kappa shape index (κ2) is 6.35. The molecule has 0 spiro atoms. The lowest BCUT2D eigenvalue weighted by Gasteiger charge is -2.42. The predicted molar refractivity (Wildman–Crippen MR) is 82.5 cm³/mol. The van der Waals surface area contributed by atoms with Crippen molar-refractivity contribution in [3.63, 3.8) is 0 Å². The lowest BCUT2D eigenvalue weighted by atomic mass is 9.64. The molecular formula is C16H29NO2S. The monoisotopic (exact) mass is 299 g/mol. The van der Waals surface area contributed by atoms with Crippen LogP contribution in [0.2, 0.25) is 0 Å². The van der Waals surface area contributed by atoms with E-state index in [-0.39, 0.29) is 0 Å². The van der Waals surface area contributed by atoms with E-state index in [9.17, 15) is 8.42 Å². The van der Waals surface area contributed by atoms with E-state index in [1.165, 1.54) is 51.4 Å². The Hall–Kier alpha value is -0.0900. The molecule has 0 amide bonds. The fraction of sp³-hybridized carbons (Fsp3) is 1.00. The third-order valence-corrected chi connectivity index (χ3v) is 7.59. The molecule has 1 aliphatic heterocycles. The summed E-state index contributed by atoms with van der Waals surface area (Å²) in [5, 5.41) is 0. The van der Waals surface area contributed by atoms with Gasteiger partial charge in [-0.1, -0.05) is 38.5 Å². The van der Waals surface area contributed by atoms with Gasteiger partial charge >= 0.3 is 0 Å². The van der Waals surface area contributed by atoms with Crippen molar-refractivity contribution in [3.8, 4) is 0 Å². The summed E-state index contributed by atoms with van der Waals surface area (Å²) in [7, 11) is -2.72. The minimum absolute atomic E-state index is 0.379. The maximum Gasteiger partial charge on any atom is 0.152 e. The molecule has 3 aliphatic rings. The first kappa shape index (κ1) is 14.8. The van der Waals surface area contributed by atoms with E-state index in [1.54, 1.807) is 0 Å². The molecule has 3 fully saturated rings. The number of hydrogen-bond donors (Lipinski definition) is 0. The number of hydrogen-bond acceptors (Lipinski definition) is 3. The van der Waals surface area contributed by atoms with Crippen LogP contribution < -0.4 is 0 Å². The van der Waals surface area contributed by atoms with Gasteiger partial charge in [-0.3, -0.25) is 0 Å². The molecular weight excluding hydrogens is 270 g/mol. The Kier molecular flexibility index (Phi) is 4.71. The van der Waals surface area contributed by atoms with Crippen molar-refractivity contribution in [3.05, 3.63) is 0 Å². The number of fused-ring (bicyclic) bond motifs is 1. The predicted octanol–water partition coefficient (Wildman–Crippen LogP) is 2.71. The molecule has 0 aromatic heterocycles. The molecule has 0 radical (unpaired) electrons. The van der Waals surface area contributed by atoms with Gasteiger partial charge in [-0.05, 0) is 37.1 Å². The maximum atomic E-state index is 11.5. The minimum atomic E-state index is -2.72. The smallest absolute Gasteiger partial charge is 0.152 e. The van der Waals surface area contributed by atoms with Crippen LogP contribution in [-0.4, -0.2) is 44.5 Å². The van der Waals surface area contributed by atoms with Crippen molar-refractivity contribution >= 4 is 9.84 Å². The third-order valence-electron chi connectivity index (χ3n) is 5.98. The summed E-state index contributed by atoms with van der Waals surface area (Å²) in [5.41, 5.74) is 0. The highest BCUT2D eigenvalue weighted by molar-refractivity contribution is 7.91. The van der Waals surface area contributed by atoms with Crippen LogP contribution in [0, 0.1) is 17.8 Å². The van der Waals surface area contributed by atoms with Crippen LogP contribution in [0.4, 0.5) is 0 Å². The molecule has 2 aliphatic carbocycles. The quantitative estimate of drug-likeness (QED) is 0.804. The van der Waals surface area contributed by atoms with Crippen molar-refractivity contribution in [2.45, 2.75) is 51.4 Å². The molecule has 0 N–H and O–H groups in total. The van der Waals surface area contributed by atoms with E-state index in [1.807, 2.05) is 0 Å². The van der Waals surface area contributed by atoms with Crippen molar-refractivity contribution in [2.75, 3.05) is 31.1 Å². The van der Waals surface area contributed by atoms with Crippen molar-refractivity contribution in [1.29, 1.82) is 0 Å². The van der Waals surface area contributed by atoms with Gasteiger partial charge in [0.05, 0.1) is 11.5 Å². The van der Waals surface area contributed by atoms with Gasteiger partial charge in [0.2, 0.25) is 0 Å². The van der Waals surface area contributed by atoms with Crippen LogP contribution in [0.3, 0.4) is 0 Å². The zero-order chi connectivity index (χ0) is 14.0. The largest absolute Gasteiger partial charge is 0.301 e. The van der Waals surface area contributed by atoms with Gasteiger partial charge in [-0.2, -0.15) is 0 Å². The Labute approximate surface area is 124 Å². The van der Waals surface area contributed by atoms with E-state index in [0.29, 0.717) is 11.5 Å². The summed E-state index contributed by atoms with van der Waals surface area (Å²) in [6, 6.07) is 0. The van der Waals surface area contributed by atoms with Crippen molar-refractivity contribution < 1.29 is 8.42 Å². The molecule has 1 saturated heterocycles. The van der Waals surface area contributed by atoms with Gasteiger partial charge in [0, 0.05) is 13.1 Å². The van der Waals surface area contributed by atoms with Gasteiger partial charge in [0.25, 0.3) is 0 Å². The molecule has 4 heteroatoms. The molecule has 3 atom stereocenters. The van der Waals surface area contributed by atoms with Crippen molar-refractivity contribution in [2.24, 2.45) is 17.8 Å². The Morgan fingerprint density at radius 2 is 1.60 bits per heavy atom. The topological polar surface area (TPSA) is 37.4 Å². The van der Waals surface area contributed by atoms with E-state index in [4.69, 9.17) is 0 Å². The Morgan fingerprint density at radius 3 is 2.40 bits per heavy atom. The zero-order valence-electron chi connectivity index (χ0n) is 12.6. The summed E-state index contributed by atoms with van der Waals surface area (Å²) in [5.74, 6) is 3.69. The molecule has 3 unspecified atom stereocenters. The highest BCUT2D eigenvalue weighted by atomic mass is 32.2. The second-order valence-corrected chi connectivity index (χ2v) is 9.49. The fourth-order valence-electron chi connectivity index (χ4n) is 4.75. The summed E-state index contributed by atoms with van der Waals surface area (Å²) >= 11 is 0. The normalized spacial score (nSPS) is 38.3. The van der Waals surface area contributed by atoms with Crippen LogP contribution >= 0.6 is 0 Å². The summed E-state index contributed by atoms with van der Waals surface area (Å²) in [4.78, 5) is 2.38. The first-order chi connectivity index (χ1) is 9.64. The average molecular weight is 299 g/mol. The van der Waals surface area contributed by atoms with Crippen LogP contribution in [0.25, 0.3) is 0 Å². The maximum absolute atomic E-state index is 11.5. The van der Waals surface area contributed by atoms with Gasteiger partial charge < -0.3 is 4.90 Å². The Morgan fingerprint density at radius 1 is 0.900 bits per heavy atom. The lowest BCUT2D eigenvalue weighted by Crippen LogP contribution is -2.42. The van der Waals surface area contributed by atoms with Gasteiger partial charge in [-0.25, -0.2) is 8.42 Å². The molecule has 1 heterocycles. The second-order valence-electron chi connectivity index (χ2n) is 7.18. The van der Waals surface area contributed by atoms with Crippen LogP contribution in [0.1, 0.15) is 51.4 Å². The molecule has 116 valence electrons. The van der Waals surface area contributed by atoms with E-state index < -0.39 is 9.84 Å². The van der Waals surface area contributed by atoms with Crippen molar-refractivity contribution in [1.82, 2.24) is 4.90 Å². The summed E-state index contributed by atoms with van der Waals surface area (Å²) in [6.07, 6.45) is 11.5. The molecule has 2 saturated carbocycles. The van der Waals surface area contributed by atoms with Crippen LogP contribution in [-0.2, 0) is 9.84 Å². The highest BCUT2D eigenvalue weighted by Crippen LogP contribution is 2.45. The Bertz CT molecular complexity index is 404. The lowest BCUT2D eigenvalue weighted by molar-refractivity contribution is 0.0893. The van der Waals surface area contributed by atoms with Gasteiger partial charge in [0.1, 0.15) is 0 Å². The molecule has 0 bridgehead atoms. The molecule has 20 heavy (non-hydrogen) atoms. The number of sulfone groups is 1. The summed E-state index contributed by atoms with van der Waals surface area (Å²) < 4.78 is 22.9. The summed E-state index contributed by atoms with van der Waals surface area (Å²) in [6.45, 7) is 2.66. The minimum Gasteiger partial charge on any atom is -0.301 e. The van der Waals surface area contributed by atoms with E-state index in [0.717, 1.165) is 37.4 Å². The first-order valence-corrected chi connectivity index (χ1v) is 10.4. The fourth-order valence-corrected chi connectivity index (χ4v) is 6.03. The Balaban J connectivity index is 1.48. The third kappa shape index (κ3) is 3.56. The van der Waals surface area contributed by atoms with Crippen LogP contribution in [0.5, 0.6) is 0 Å². The molecule has 3 rings (SSSR count). The standard InChI is InChI=1S/C16H29NO2S/c18-20(19)12-10-17(11-13-20)9-8-15-6-3-5-14-4-1-2-7-16(14)15/h14-16H,1-13H2. The SMILES string of the molecule is O=S1(=O)CCN(CCC2CCCC3CCCCC32)CC1. The zero-order valence-corrected chi connectivity index (χ0v) is 13.4. The molecule has 0 aromatic rings. The molecule has 0 aromatic carbocycles. The van der Waals surface area contributed by atoms with E-state index in [2.05, 4.69) is 4.90 Å². The first-order valence-electron chi connectivity index (χ1n) is 8.57. The highest BCUT2D eigenvalue weighted by Gasteiger charge is 2.34. The van der Waals surface area contributed by atoms with E-state index >= 15 is 0 Å².